The van der Waals surface area contributed by atoms with Crippen LogP contribution in [0.4, 0.5) is 0 Å². The highest BCUT2D eigenvalue weighted by Crippen LogP contribution is 2.22. The molecule has 0 atom stereocenters. The third kappa shape index (κ3) is 6.00. The van der Waals surface area contributed by atoms with Gasteiger partial charge in [0.2, 0.25) is 5.91 Å². The van der Waals surface area contributed by atoms with Crippen molar-refractivity contribution in [1.82, 2.24) is 9.80 Å². The molecule has 0 aromatic heterocycles. The quantitative estimate of drug-likeness (QED) is 0.634. The zero-order chi connectivity index (χ0) is 22.2. The summed E-state index contributed by atoms with van der Waals surface area (Å²) in [5.74, 6) is 1.77. The Labute approximate surface area is 184 Å². The number of hydrogen-bond acceptors (Lipinski definition) is 4. The summed E-state index contributed by atoms with van der Waals surface area (Å²) >= 11 is 0. The number of hydrogen-bond donors (Lipinski definition) is 0. The summed E-state index contributed by atoms with van der Waals surface area (Å²) in [6.07, 6.45) is 1.92. The Hall–Kier alpha value is -3.02. The van der Waals surface area contributed by atoms with Crippen LogP contribution in [0.1, 0.15) is 40.7 Å². The van der Waals surface area contributed by atoms with Crippen molar-refractivity contribution in [3.63, 3.8) is 0 Å². The second kappa shape index (κ2) is 10.8. The van der Waals surface area contributed by atoms with E-state index < -0.39 is 0 Å². The van der Waals surface area contributed by atoms with E-state index >= 15 is 0 Å². The number of methoxy groups -OCH3 is 1. The molecule has 1 aliphatic rings. The van der Waals surface area contributed by atoms with Gasteiger partial charge in [0, 0.05) is 38.2 Å². The second-order valence-corrected chi connectivity index (χ2v) is 7.93. The fraction of sp³-hybridized carbons (Fsp3) is 0.440. The average Bonchev–Trinajstić information content (AvgIpc) is 3.04. The van der Waals surface area contributed by atoms with Gasteiger partial charge in [-0.3, -0.25) is 9.59 Å². The summed E-state index contributed by atoms with van der Waals surface area (Å²) in [6, 6.07) is 13.2. The third-order valence-corrected chi connectivity index (χ3v) is 5.66. The Morgan fingerprint density at radius 2 is 1.55 bits per heavy atom. The number of ether oxygens (including phenoxy) is 2. The van der Waals surface area contributed by atoms with Crippen molar-refractivity contribution in [1.29, 1.82) is 0 Å². The highest BCUT2D eigenvalue weighted by Gasteiger charge is 2.22. The van der Waals surface area contributed by atoms with Crippen molar-refractivity contribution in [2.24, 2.45) is 0 Å². The molecular weight excluding hydrogens is 392 g/mol. The molecule has 1 aliphatic heterocycles. The Morgan fingerprint density at radius 3 is 2.23 bits per heavy atom. The van der Waals surface area contributed by atoms with Crippen LogP contribution in [0, 0.1) is 13.8 Å². The highest BCUT2D eigenvalue weighted by atomic mass is 16.5. The molecule has 0 bridgehead atoms. The Morgan fingerprint density at radius 1 is 0.903 bits per heavy atom. The monoisotopic (exact) mass is 424 g/mol. The number of benzene rings is 2. The molecule has 1 heterocycles. The first-order chi connectivity index (χ1) is 15.0. The van der Waals surface area contributed by atoms with Crippen LogP contribution in [0.15, 0.2) is 42.5 Å². The molecule has 0 unspecified atom stereocenters. The van der Waals surface area contributed by atoms with E-state index in [1.165, 1.54) is 0 Å². The van der Waals surface area contributed by atoms with E-state index in [1.807, 2.05) is 41.8 Å². The van der Waals surface area contributed by atoms with Gasteiger partial charge in [-0.15, -0.1) is 0 Å². The number of nitrogens with zero attached hydrogens (tertiary/aromatic N) is 2. The van der Waals surface area contributed by atoms with E-state index in [0.717, 1.165) is 29.0 Å². The molecule has 6 nitrogen and oxygen atoms in total. The number of carbonyl (C=O) groups is 2. The first kappa shape index (κ1) is 22.7. The zero-order valence-corrected chi connectivity index (χ0v) is 18.7. The zero-order valence-electron chi connectivity index (χ0n) is 18.7. The van der Waals surface area contributed by atoms with Crippen LogP contribution in [0.25, 0.3) is 0 Å². The third-order valence-electron chi connectivity index (χ3n) is 5.66. The predicted octanol–water partition coefficient (Wildman–Crippen LogP) is 3.85. The predicted molar refractivity (Wildman–Crippen MR) is 121 cm³/mol. The van der Waals surface area contributed by atoms with Crippen LogP contribution in [0.5, 0.6) is 11.5 Å². The lowest BCUT2D eigenvalue weighted by molar-refractivity contribution is -0.131. The molecule has 2 aromatic carbocycles. The van der Waals surface area contributed by atoms with E-state index in [4.69, 9.17) is 9.47 Å². The minimum Gasteiger partial charge on any atom is -0.497 e. The lowest BCUT2D eigenvalue weighted by Crippen LogP contribution is -2.37. The Bertz CT molecular complexity index is 875. The molecule has 0 spiro atoms. The van der Waals surface area contributed by atoms with Crippen LogP contribution in [-0.4, -0.2) is 61.5 Å². The number of amides is 2. The second-order valence-electron chi connectivity index (χ2n) is 7.93. The van der Waals surface area contributed by atoms with Gasteiger partial charge >= 0.3 is 0 Å². The van der Waals surface area contributed by atoms with Crippen molar-refractivity contribution >= 4 is 11.8 Å². The first-order valence-electron chi connectivity index (χ1n) is 10.9. The van der Waals surface area contributed by atoms with Crippen LogP contribution >= 0.6 is 0 Å². The van der Waals surface area contributed by atoms with Crippen molar-refractivity contribution < 1.29 is 19.1 Å². The van der Waals surface area contributed by atoms with Gasteiger partial charge in [0.05, 0.1) is 13.7 Å². The van der Waals surface area contributed by atoms with Gasteiger partial charge in [-0.2, -0.15) is 0 Å². The topological polar surface area (TPSA) is 59.1 Å². The normalized spacial score (nSPS) is 14.2. The van der Waals surface area contributed by atoms with Gasteiger partial charge in [0.1, 0.15) is 11.5 Å². The van der Waals surface area contributed by atoms with Crippen molar-refractivity contribution in [3.8, 4) is 11.5 Å². The van der Waals surface area contributed by atoms with Crippen LogP contribution in [0.2, 0.25) is 0 Å². The molecule has 2 amide bonds. The summed E-state index contributed by atoms with van der Waals surface area (Å²) < 4.78 is 11.1. The summed E-state index contributed by atoms with van der Waals surface area (Å²) in [5.41, 5.74) is 2.87. The Balaban J connectivity index is 1.45. The molecule has 6 heteroatoms. The Kier molecular flexibility index (Phi) is 7.93. The number of carbonyl (C=O) groups excluding carboxylic acids is 2. The largest absolute Gasteiger partial charge is 0.497 e. The van der Waals surface area contributed by atoms with Gasteiger partial charge in [-0.1, -0.05) is 18.2 Å². The highest BCUT2D eigenvalue weighted by molar-refractivity contribution is 5.94. The summed E-state index contributed by atoms with van der Waals surface area (Å²) in [7, 11) is 1.60. The van der Waals surface area contributed by atoms with E-state index in [0.29, 0.717) is 51.2 Å². The van der Waals surface area contributed by atoms with Gasteiger partial charge in [0.25, 0.3) is 5.91 Å². The van der Waals surface area contributed by atoms with Crippen LogP contribution in [0.3, 0.4) is 0 Å². The summed E-state index contributed by atoms with van der Waals surface area (Å²) in [4.78, 5) is 29.2. The molecule has 0 radical (unpaired) electrons. The summed E-state index contributed by atoms with van der Waals surface area (Å²) in [6.45, 7) is 7.04. The van der Waals surface area contributed by atoms with Gasteiger partial charge < -0.3 is 19.3 Å². The van der Waals surface area contributed by atoms with Gasteiger partial charge in [-0.25, -0.2) is 0 Å². The van der Waals surface area contributed by atoms with E-state index in [2.05, 4.69) is 0 Å². The molecule has 0 aliphatic carbocycles. The first-order valence-corrected chi connectivity index (χ1v) is 10.9. The van der Waals surface area contributed by atoms with E-state index in [-0.39, 0.29) is 11.8 Å². The van der Waals surface area contributed by atoms with Crippen molar-refractivity contribution in [3.05, 3.63) is 59.2 Å². The number of aryl methyl sites for hydroxylation is 2. The number of para-hydroxylation sites is 1. The molecule has 2 aromatic rings. The molecule has 1 saturated heterocycles. The molecule has 31 heavy (non-hydrogen) atoms. The molecule has 3 rings (SSSR count). The summed E-state index contributed by atoms with van der Waals surface area (Å²) in [5, 5.41) is 0. The van der Waals surface area contributed by atoms with Crippen LogP contribution < -0.4 is 9.47 Å². The van der Waals surface area contributed by atoms with Crippen molar-refractivity contribution in [2.75, 3.05) is 39.9 Å². The standard InChI is InChI=1S/C25H32N2O4/c1-19-7-4-8-20(2)24(19)31-18-5-9-23(28)26-14-6-15-27(17-16-26)25(29)21-10-12-22(30-3)13-11-21/h4,7-8,10-13H,5-6,9,14-18H2,1-3H3. The van der Waals surface area contributed by atoms with Gasteiger partial charge in [0.15, 0.2) is 0 Å². The molecular formula is C25H32N2O4. The molecule has 0 saturated carbocycles. The maximum atomic E-state index is 12.8. The van der Waals surface area contributed by atoms with E-state index in [1.54, 1.807) is 31.4 Å². The minimum absolute atomic E-state index is 0.000970. The maximum Gasteiger partial charge on any atom is 0.253 e. The van der Waals surface area contributed by atoms with Crippen molar-refractivity contribution in [2.45, 2.75) is 33.1 Å². The average molecular weight is 425 g/mol. The van der Waals surface area contributed by atoms with E-state index in [9.17, 15) is 9.59 Å². The molecule has 166 valence electrons. The SMILES string of the molecule is COc1ccc(C(=O)N2CCCN(C(=O)CCCOc3c(C)cccc3C)CC2)cc1. The fourth-order valence-corrected chi connectivity index (χ4v) is 3.87. The lowest BCUT2D eigenvalue weighted by Gasteiger charge is -2.22. The molecule has 1 fully saturated rings. The number of rotatable bonds is 7. The fourth-order valence-electron chi connectivity index (χ4n) is 3.87. The molecule has 0 N–H and O–H groups in total. The van der Waals surface area contributed by atoms with Gasteiger partial charge in [-0.05, 0) is 62.1 Å². The minimum atomic E-state index is -0.000970. The van der Waals surface area contributed by atoms with Crippen LogP contribution in [-0.2, 0) is 4.79 Å². The maximum absolute atomic E-state index is 12.8. The lowest BCUT2D eigenvalue weighted by atomic mass is 10.1. The smallest absolute Gasteiger partial charge is 0.253 e.